The smallest absolute Gasteiger partial charge is 0.264 e. The van der Waals surface area contributed by atoms with Crippen LogP contribution in [0.1, 0.15) is 11.1 Å². The van der Waals surface area contributed by atoms with Crippen molar-refractivity contribution in [1.82, 2.24) is 5.32 Å². The highest BCUT2D eigenvalue weighted by atomic mass is 35.5. The molecule has 3 rings (SSSR count). The van der Waals surface area contributed by atoms with Crippen LogP contribution in [0.3, 0.4) is 0 Å². The van der Waals surface area contributed by atoms with Gasteiger partial charge in [-0.2, -0.15) is 11.8 Å². The van der Waals surface area contributed by atoms with Gasteiger partial charge >= 0.3 is 0 Å². The number of benzene rings is 3. The second-order valence-electron chi connectivity index (χ2n) is 7.45. The number of aryl methyl sites for hydroxylation is 1. The minimum atomic E-state index is -4.04. The number of carbonyl (C=O) groups excluding carboxylic acids is 1. The number of amides is 1. The van der Waals surface area contributed by atoms with Crippen molar-refractivity contribution in [1.29, 1.82) is 0 Å². The summed E-state index contributed by atoms with van der Waals surface area (Å²) in [7, 11) is -4.04. The highest BCUT2D eigenvalue weighted by Crippen LogP contribution is 2.29. The lowest BCUT2D eigenvalue weighted by molar-refractivity contribution is -0.119. The molecule has 0 aliphatic rings. The SMILES string of the molecule is Cc1ccc(S(=O)(=O)N(CC(=O)NCCSCc2ccccc2Cl)c2cc(Cl)cc(Cl)c2)cc1. The third-order valence-electron chi connectivity index (χ3n) is 4.82. The molecule has 0 atom stereocenters. The normalized spacial score (nSPS) is 11.3. The predicted molar refractivity (Wildman–Crippen MR) is 143 cm³/mol. The molecular formula is C24H23Cl3N2O3S2. The second kappa shape index (κ2) is 12.2. The number of hydrogen-bond donors (Lipinski definition) is 1. The van der Waals surface area contributed by atoms with Crippen molar-refractivity contribution in [3.05, 3.63) is 92.9 Å². The molecule has 3 aromatic carbocycles. The lowest BCUT2D eigenvalue weighted by Crippen LogP contribution is -2.41. The number of sulfonamides is 1. The molecule has 0 aliphatic carbocycles. The van der Waals surface area contributed by atoms with Crippen molar-refractivity contribution in [3.8, 4) is 0 Å². The molecule has 0 aromatic heterocycles. The van der Waals surface area contributed by atoms with E-state index in [1.54, 1.807) is 23.9 Å². The zero-order chi connectivity index (χ0) is 24.7. The summed E-state index contributed by atoms with van der Waals surface area (Å²) in [6, 6.07) is 18.4. The van der Waals surface area contributed by atoms with Crippen molar-refractivity contribution < 1.29 is 13.2 Å². The van der Waals surface area contributed by atoms with Crippen LogP contribution < -0.4 is 9.62 Å². The van der Waals surface area contributed by atoms with Crippen LogP contribution in [-0.2, 0) is 20.6 Å². The van der Waals surface area contributed by atoms with Crippen molar-refractivity contribution in [3.63, 3.8) is 0 Å². The second-order valence-corrected chi connectivity index (χ2v) is 11.7. The Morgan fingerprint density at radius 1 is 0.971 bits per heavy atom. The molecule has 0 fully saturated rings. The van der Waals surface area contributed by atoms with Gasteiger partial charge in [-0.3, -0.25) is 9.10 Å². The van der Waals surface area contributed by atoms with Gasteiger partial charge in [0.05, 0.1) is 10.6 Å². The Morgan fingerprint density at radius 2 is 1.62 bits per heavy atom. The number of thioether (sulfide) groups is 1. The number of carbonyl (C=O) groups is 1. The molecule has 0 heterocycles. The van der Waals surface area contributed by atoms with E-state index >= 15 is 0 Å². The fourth-order valence-corrected chi connectivity index (χ4v) is 6.15. The summed E-state index contributed by atoms with van der Waals surface area (Å²) >= 11 is 20.0. The average molecular weight is 558 g/mol. The molecular weight excluding hydrogens is 535 g/mol. The largest absolute Gasteiger partial charge is 0.354 e. The molecule has 0 spiro atoms. The molecule has 0 bridgehead atoms. The molecule has 0 radical (unpaired) electrons. The van der Waals surface area contributed by atoms with Crippen molar-refractivity contribution in [2.24, 2.45) is 0 Å². The number of anilines is 1. The minimum absolute atomic E-state index is 0.0669. The van der Waals surface area contributed by atoms with Gasteiger partial charge in [0.15, 0.2) is 0 Å². The number of nitrogens with one attached hydrogen (secondary N) is 1. The van der Waals surface area contributed by atoms with Crippen LogP contribution in [0.15, 0.2) is 71.6 Å². The Bertz CT molecular complexity index is 1230. The number of nitrogens with zero attached hydrogens (tertiary/aromatic N) is 1. The first kappa shape index (κ1) is 26.7. The van der Waals surface area contributed by atoms with Crippen LogP contribution in [0.5, 0.6) is 0 Å². The van der Waals surface area contributed by atoms with Crippen molar-refractivity contribution in [2.45, 2.75) is 17.6 Å². The van der Waals surface area contributed by atoms with E-state index < -0.39 is 22.5 Å². The van der Waals surface area contributed by atoms with E-state index in [0.29, 0.717) is 23.1 Å². The maximum absolute atomic E-state index is 13.4. The van der Waals surface area contributed by atoms with Gasteiger partial charge < -0.3 is 5.32 Å². The highest BCUT2D eigenvalue weighted by Gasteiger charge is 2.27. The fourth-order valence-electron chi connectivity index (χ4n) is 3.08. The van der Waals surface area contributed by atoms with Crippen LogP contribution in [0, 0.1) is 6.92 Å². The maximum atomic E-state index is 13.4. The number of halogens is 3. The van der Waals surface area contributed by atoms with E-state index in [-0.39, 0.29) is 20.6 Å². The van der Waals surface area contributed by atoms with E-state index in [2.05, 4.69) is 5.32 Å². The molecule has 3 aromatic rings. The summed E-state index contributed by atoms with van der Waals surface area (Å²) in [6.07, 6.45) is 0. The average Bonchev–Trinajstić information content (AvgIpc) is 2.78. The minimum Gasteiger partial charge on any atom is -0.354 e. The highest BCUT2D eigenvalue weighted by molar-refractivity contribution is 7.98. The Hall–Kier alpha value is -1.90. The first-order valence-electron chi connectivity index (χ1n) is 10.3. The molecule has 10 heteroatoms. The van der Waals surface area contributed by atoms with Gasteiger partial charge in [0.1, 0.15) is 6.54 Å². The summed E-state index contributed by atoms with van der Waals surface area (Å²) in [5.41, 5.74) is 2.15. The zero-order valence-corrected chi connectivity index (χ0v) is 22.2. The molecule has 0 saturated carbocycles. The lowest BCUT2D eigenvalue weighted by Gasteiger charge is -2.24. The summed E-state index contributed by atoms with van der Waals surface area (Å²) in [5.74, 6) is 0.917. The van der Waals surface area contributed by atoms with Gasteiger partial charge in [-0.15, -0.1) is 0 Å². The van der Waals surface area contributed by atoms with Crippen molar-refractivity contribution >= 4 is 68.2 Å². The van der Waals surface area contributed by atoms with E-state index in [4.69, 9.17) is 34.8 Å². The molecule has 0 aliphatic heterocycles. The van der Waals surface area contributed by atoms with Gasteiger partial charge in [-0.1, -0.05) is 70.7 Å². The number of hydrogen-bond acceptors (Lipinski definition) is 4. The summed E-state index contributed by atoms with van der Waals surface area (Å²) in [6.45, 7) is 1.83. The van der Waals surface area contributed by atoms with E-state index in [1.165, 1.54) is 30.3 Å². The monoisotopic (exact) mass is 556 g/mol. The zero-order valence-electron chi connectivity index (χ0n) is 18.3. The van der Waals surface area contributed by atoms with Gasteiger partial charge in [-0.25, -0.2) is 8.42 Å². The quantitative estimate of drug-likeness (QED) is 0.301. The molecule has 180 valence electrons. The van der Waals surface area contributed by atoms with Crippen molar-refractivity contribution in [2.75, 3.05) is 23.1 Å². The Morgan fingerprint density at radius 3 is 2.26 bits per heavy atom. The van der Waals surface area contributed by atoms with Gasteiger partial charge in [0, 0.05) is 33.1 Å². The molecule has 34 heavy (non-hydrogen) atoms. The van der Waals surface area contributed by atoms with E-state index in [9.17, 15) is 13.2 Å². The van der Waals surface area contributed by atoms with Gasteiger partial charge in [0.25, 0.3) is 10.0 Å². The van der Waals surface area contributed by atoms with Crippen LogP contribution >= 0.6 is 46.6 Å². The third kappa shape index (κ3) is 7.30. The molecule has 5 nitrogen and oxygen atoms in total. The standard InChI is InChI=1S/C24H23Cl3N2O3S2/c1-17-6-8-22(9-7-17)34(31,32)29(21-13-19(25)12-20(26)14-21)15-24(30)28-10-11-33-16-18-4-2-3-5-23(18)27/h2-9,12-14H,10-11,15-16H2,1H3,(H,28,30). The first-order chi connectivity index (χ1) is 16.2. The first-order valence-corrected chi connectivity index (χ1v) is 14.0. The molecule has 1 amide bonds. The van der Waals surface area contributed by atoms with Gasteiger partial charge in [0.2, 0.25) is 5.91 Å². The fraction of sp³-hybridized carbons (Fsp3) is 0.208. The molecule has 0 unspecified atom stereocenters. The number of rotatable bonds is 10. The van der Waals surface area contributed by atoms with Gasteiger partial charge in [-0.05, 0) is 48.9 Å². The van der Waals surface area contributed by atoms with E-state index in [0.717, 1.165) is 15.4 Å². The topological polar surface area (TPSA) is 66.5 Å². The third-order valence-corrected chi connectivity index (χ3v) is 8.42. The lowest BCUT2D eigenvalue weighted by atomic mass is 10.2. The Kier molecular flexibility index (Phi) is 9.56. The van der Waals surface area contributed by atoms with Crippen LogP contribution in [0.25, 0.3) is 0 Å². The maximum Gasteiger partial charge on any atom is 0.264 e. The van der Waals surface area contributed by atoms with Crippen LogP contribution in [0.4, 0.5) is 5.69 Å². The predicted octanol–water partition coefficient (Wildman–Crippen LogP) is 6.20. The van der Waals surface area contributed by atoms with E-state index in [1.807, 2.05) is 31.2 Å². The molecule has 1 N–H and O–H groups in total. The van der Waals surface area contributed by atoms with Crippen LogP contribution in [-0.4, -0.2) is 33.2 Å². The Labute approximate surface area is 219 Å². The summed E-state index contributed by atoms with van der Waals surface area (Å²) in [5, 5.41) is 4.02. The Balaban J connectivity index is 1.69. The van der Waals surface area contributed by atoms with Crippen LogP contribution in [0.2, 0.25) is 15.1 Å². The summed E-state index contributed by atoms with van der Waals surface area (Å²) < 4.78 is 27.8. The summed E-state index contributed by atoms with van der Waals surface area (Å²) in [4.78, 5) is 12.8. The molecule has 0 saturated heterocycles.